The predicted octanol–water partition coefficient (Wildman–Crippen LogP) is 1.84. The number of benzene rings is 1. The van der Waals surface area contributed by atoms with Crippen molar-refractivity contribution < 1.29 is 23.9 Å². The SMILES string of the molecule is C[C@@H](OC(=O)CN1C(=O)Cc2ccccc2C1=O)C(=O)N[C@H]1CCCC[C@@H]1C. The first-order valence-corrected chi connectivity index (χ1v) is 9.79. The van der Waals surface area contributed by atoms with Crippen LogP contribution in [-0.4, -0.2) is 47.3 Å². The Hall–Kier alpha value is -2.70. The van der Waals surface area contributed by atoms with Gasteiger partial charge in [-0.15, -0.1) is 0 Å². The summed E-state index contributed by atoms with van der Waals surface area (Å²) < 4.78 is 5.18. The molecule has 1 fully saturated rings. The molecule has 3 atom stereocenters. The summed E-state index contributed by atoms with van der Waals surface area (Å²) in [6.45, 7) is 3.10. The number of ether oxygens (including phenoxy) is 1. The number of esters is 1. The second-order valence-corrected chi connectivity index (χ2v) is 7.63. The number of amides is 3. The lowest BCUT2D eigenvalue weighted by molar-refractivity contribution is -0.157. The Bertz CT molecular complexity index is 791. The molecular weight excluding hydrogens is 360 g/mol. The number of rotatable bonds is 5. The zero-order valence-electron chi connectivity index (χ0n) is 16.3. The molecule has 7 heteroatoms. The van der Waals surface area contributed by atoms with Crippen molar-refractivity contribution in [1.82, 2.24) is 10.2 Å². The van der Waals surface area contributed by atoms with Crippen LogP contribution in [-0.2, 0) is 25.5 Å². The zero-order chi connectivity index (χ0) is 20.3. The van der Waals surface area contributed by atoms with Crippen LogP contribution in [0.15, 0.2) is 24.3 Å². The van der Waals surface area contributed by atoms with Crippen molar-refractivity contribution in [2.45, 2.75) is 58.1 Å². The van der Waals surface area contributed by atoms with E-state index in [1.54, 1.807) is 24.3 Å². The van der Waals surface area contributed by atoms with Gasteiger partial charge in [0.05, 0.1) is 6.42 Å². The number of carbonyl (C=O) groups excluding carboxylic acids is 4. The van der Waals surface area contributed by atoms with Crippen molar-refractivity contribution in [3.05, 3.63) is 35.4 Å². The average molecular weight is 386 g/mol. The van der Waals surface area contributed by atoms with Crippen molar-refractivity contribution in [2.75, 3.05) is 6.54 Å². The van der Waals surface area contributed by atoms with Crippen molar-refractivity contribution in [1.29, 1.82) is 0 Å². The molecule has 0 aromatic heterocycles. The van der Waals surface area contributed by atoms with Crippen molar-refractivity contribution in [3.8, 4) is 0 Å². The monoisotopic (exact) mass is 386 g/mol. The summed E-state index contributed by atoms with van der Waals surface area (Å²) in [5.74, 6) is -1.70. The lowest BCUT2D eigenvalue weighted by atomic mass is 9.86. The minimum atomic E-state index is -0.982. The van der Waals surface area contributed by atoms with Gasteiger partial charge in [-0.1, -0.05) is 38.0 Å². The molecule has 150 valence electrons. The van der Waals surface area contributed by atoms with Crippen molar-refractivity contribution in [2.24, 2.45) is 5.92 Å². The summed E-state index contributed by atoms with van der Waals surface area (Å²) >= 11 is 0. The standard InChI is InChI=1S/C21H26N2O5/c1-13-7-3-6-10-17(13)22-20(26)14(2)28-19(25)12-23-18(24)11-15-8-4-5-9-16(15)21(23)27/h4-5,8-9,13-14,17H,3,6-7,10-12H2,1-2H3,(H,22,26)/t13-,14+,17-/m0/s1. The third-order valence-corrected chi connectivity index (χ3v) is 5.54. The van der Waals surface area contributed by atoms with Gasteiger partial charge in [0.15, 0.2) is 6.10 Å². The highest BCUT2D eigenvalue weighted by molar-refractivity contribution is 6.11. The first-order chi connectivity index (χ1) is 13.4. The summed E-state index contributed by atoms with van der Waals surface area (Å²) in [7, 11) is 0. The highest BCUT2D eigenvalue weighted by Gasteiger charge is 2.33. The smallest absolute Gasteiger partial charge is 0.326 e. The summed E-state index contributed by atoms with van der Waals surface area (Å²) in [5.41, 5.74) is 1.06. The van der Waals surface area contributed by atoms with Gasteiger partial charge < -0.3 is 10.1 Å². The minimum absolute atomic E-state index is 0.0603. The van der Waals surface area contributed by atoms with Gasteiger partial charge in [0.1, 0.15) is 6.54 Å². The summed E-state index contributed by atoms with van der Waals surface area (Å²) in [6.07, 6.45) is 3.31. The molecule has 0 radical (unpaired) electrons. The van der Waals surface area contributed by atoms with Gasteiger partial charge >= 0.3 is 5.97 Å². The van der Waals surface area contributed by atoms with Crippen molar-refractivity contribution >= 4 is 23.7 Å². The van der Waals surface area contributed by atoms with E-state index in [9.17, 15) is 19.2 Å². The molecule has 3 rings (SSSR count). The van der Waals surface area contributed by atoms with Gasteiger partial charge in [-0.25, -0.2) is 0 Å². The van der Waals surface area contributed by atoms with Gasteiger partial charge in [0.2, 0.25) is 5.91 Å². The molecule has 1 N–H and O–H groups in total. The van der Waals surface area contributed by atoms with Gasteiger partial charge in [0, 0.05) is 11.6 Å². The molecule has 1 aliphatic heterocycles. The number of nitrogens with zero attached hydrogens (tertiary/aromatic N) is 1. The van der Waals surface area contributed by atoms with E-state index in [1.807, 2.05) is 0 Å². The van der Waals surface area contributed by atoms with E-state index in [2.05, 4.69) is 12.2 Å². The van der Waals surface area contributed by atoms with E-state index in [1.165, 1.54) is 13.3 Å². The Morgan fingerprint density at radius 3 is 2.68 bits per heavy atom. The molecule has 28 heavy (non-hydrogen) atoms. The van der Waals surface area contributed by atoms with E-state index in [4.69, 9.17) is 4.74 Å². The molecule has 1 heterocycles. The van der Waals surface area contributed by atoms with E-state index in [-0.39, 0.29) is 18.4 Å². The molecule has 3 amide bonds. The second kappa shape index (κ2) is 8.54. The van der Waals surface area contributed by atoms with Gasteiger partial charge in [-0.2, -0.15) is 0 Å². The number of fused-ring (bicyclic) bond motifs is 1. The maximum atomic E-state index is 12.5. The van der Waals surface area contributed by atoms with Crippen LogP contribution in [0, 0.1) is 5.92 Å². The molecule has 0 bridgehead atoms. The van der Waals surface area contributed by atoms with E-state index >= 15 is 0 Å². The van der Waals surface area contributed by atoms with Crippen LogP contribution in [0.25, 0.3) is 0 Å². The fourth-order valence-corrected chi connectivity index (χ4v) is 3.81. The van der Waals surface area contributed by atoms with Crippen LogP contribution in [0.3, 0.4) is 0 Å². The summed E-state index contributed by atoms with van der Waals surface area (Å²) in [5, 5.41) is 2.94. The molecule has 1 aromatic carbocycles. The molecule has 0 unspecified atom stereocenters. The lowest BCUT2D eigenvalue weighted by Crippen LogP contribution is -2.48. The summed E-state index contributed by atoms with van der Waals surface area (Å²) in [4.78, 5) is 50.2. The Morgan fingerprint density at radius 1 is 1.21 bits per heavy atom. The first-order valence-electron chi connectivity index (χ1n) is 9.79. The topological polar surface area (TPSA) is 92.8 Å². The maximum absolute atomic E-state index is 12.5. The van der Waals surface area contributed by atoms with E-state index in [0.717, 1.165) is 24.2 Å². The third kappa shape index (κ3) is 4.40. The Morgan fingerprint density at radius 2 is 1.93 bits per heavy atom. The van der Waals surface area contributed by atoms with Crippen LogP contribution in [0.4, 0.5) is 0 Å². The Balaban J connectivity index is 1.55. The molecule has 1 saturated carbocycles. The van der Waals surface area contributed by atoms with E-state index in [0.29, 0.717) is 17.0 Å². The quantitative estimate of drug-likeness (QED) is 0.616. The number of hydrogen-bond acceptors (Lipinski definition) is 5. The Kier molecular flexibility index (Phi) is 6.11. The largest absolute Gasteiger partial charge is 0.451 e. The molecule has 7 nitrogen and oxygen atoms in total. The van der Waals surface area contributed by atoms with Crippen LogP contribution in [0.1, 0.15) is 55.5 Å². The molecule has 0 spiro atoms. The molecule has 1 aliphatic carbocycles. The molecule has 1 aromatic rings. The lowest BCUT2D eigenvalue weighted by Gasteiger charge is -2.30. The number of hydrogen-bond donors (Lipinski definition) is 1. The molecular formula is C21H26N2O5. The van der Waals surface area contributed by atoms with Crippen LogP contribution < -0.4 is 5.32 Å². The highest BCUT2D eigenvalue weighted by Crippen LogP contribution is 2.24. The first kappa shape index (κ1) is 20.0. The van der Waals surface area contributed by atoms with Gasteiger partial charge in [0.25, 0.3) is 11.8 Å². The number of imide groups is 1. The van der Waals surface area contributed by atoms with Gasteiger partial charge in [-0.3, -0.25) is 24.1 Å². The molecule has 2 aliphatic rings. The van der Waals surface area contributed by atoms with Crippen LogP contribution in [0.2, 0.25) is 0 Å². The van der Waals surface area contributed by atoms with E-state index < -0.39 is 30.4 Å². The second-order valence-electron chi connectivity index (χ2n) is 7.63. The number of nitrogens with one attached hydrogen (secondary N) is 1. The maximum Gasteiger partial charge on any atom is 0.326 e. The fourth-order valence-electron chi connectivity index (χ4n) is 3.81. The Labute approximate surface area is 164 Å². The molecule has 0 saturated heterocycles. The zero-order valence-corrected chi connectivity index (χ0v) is 16.3. The van der Waals surface area contributed by atoms with Crippen molar-refractivity contribution in [3.63, 3.8) is 0 Å². The highest BCUT2D eigenvalue weighted by atomic mass is 16.5. The third-order valence-electron chi connectivity index (χ3n) is 5.54. The fraction of sp³-hybridized carbons (Fsp3) is 0.524. The van der Waals surface area contributed by atoms with Crippen LogP contribution in [0.5, 0.6) is 0 Å². The van der Waals surface area contributed by atoms with Crippen LogP contribution >= 0.6 is 0 Å². The minimum Gasteiger partial charge on any atom is -0.451 e. The summed E-state index contributed by atoms with van der Waals surface area (Å²) in [6, 6.07) is 6.91. The average Bonchev–Trinajstić information content (AvgIpc) is 2.67. The van der Waals surface area contributed by atoms with Gasteiger partial charge in [-0.05, 0) is 37.3 Å². The number of carbonyl (C=O) groups is 4. The normalized spacial score (nSPS) is 23.0. The predicted molar refractivity (Wildman–Crippen MR) is 101 cm³/mol.